The van der Waals surface area contributed by atoms with Gasteiger partial charge in [0.05, 0.1) is 0 Å². The minimum atomic E-state index is -0.852. The number of amides is 4. The van der Waals surface area contributed by atoms with Crippen LogP contribution in [0, 0.1) is 11.8 Å². The fourth-order valence-corrected chi connectivity index (χ4v) is 4.42. The van der Waals surface area contributed by atoms with Crippen molar-refractivity contribution in [2.75, 3.05) is 26.2 Å². The number of rotatable bonds is 5. The van der Waals surface area contributed by atoms with Gasteiger partial charge in [0, 0.05) is 19.0 Å². The second-order valence-corrected chi connectivity index (χ2v) is 8.11. The third kappa shape index (κ3) is 3.49. The fraction of sp³-hybridized carbons (Fsp3) is 0.550. The smallest absolute Gasteiger partial charge is 0.325 e. The van der Waals surface area contributed by atoms with E-state index < -0.39 is 11.6 Å². The Balaban J connectivity index is 0.00000225. The number of hydrogen-bond donors (Lipinski definition) is 2. The summed E-state index contributed by atoms with van der Waals surface area (Å²) in [6.45, 7) is 3.17. The van der Waals surface area contributed by atoms with Crippen molar-refractivity contribution in [3.63, 3.8) is 0 Å². The molecule has 1 saturated carbocycles. The number of nitrogens with zero attached hydrogens (tertiary/aromatic N) is 2. The minimum Gasteiger partial charge on any atom is -0.340 e. The maximum Gasteiger partial charge on any atom is 0.325 e. The number of halogens is 1. The zero-order chi connectivity index (χ0) is 19.2. The maximum atomic E-state index is 12.8. The molecule has 7 nitrogen and oxygen atoms in total. The van der Waals surface area contributed by atoms with Gasteiger partial charge in [-0.05, 0) is 43.7 Å². The Morgan fingerprint density at radius 3 is 2.50 bits per heavy atom. The van der Waals surface area contributed by atoms with Gasteiger partial charge >= 0.3 is 6.03 Å². The second-order valence-electron chi connectivity index (χ2n) is 8.11. The average Bonchev–Trinajstić information content (AvgIpc) is 3.40. The first-order valence-electron chi connectivity index (χ1n) is 9.61. The Morgan fingerprint density at radius 2 is 1.89 bits per heavy atom. The first-order chi connectivity index (χ1) is 12.9. The highest BCUT2D eigenvalue weighted by Crippen LogP contribution is 2.42. The lowest BCUT2D eigenvalue weighted by atomic mass is 9.89. The Bertz CT molecular complexity index is 770. The van der Waals surface area contributed by atoms with E-state index >= 15 is 0 Å². The van der Waals surface area contributed by atoms with Crippen molar-refractivity contribution in [1.82, 2.24) is 15.1 Å². The van der Waals surface area contributed by atoms with Crippen LogP contribution in [0.15, 0.2) is 30.3 Å². The van der Waals surface area contributed by atoms with Crippen LogP contribution in [0.5, 0.6) is 0 Å². The molecule has 1 aliphatic carbocycles. The predicted molar refractivity (Wildman–Crippen MR) is 107 cm³/mol. The molecule has 0 radical (unpaired) electrons. The van der Waals surface area contributed by atoms with E-state index in [1.165, 1.54) is 5.56 Å². The van der Waals surface area contributed by atoms with Gasteiger partial charge < -0.3 is 16.0 Å². The number of carbonyl (C=O) groups excluding carboxylic acids is 3. The molecule has 0 aromatic heterocycles. The van der Waals surface area contributed by atoms with Gasteiger partial charge in [0.2, 0.25) is 5.91 Å². The summed E-state index contributed by atoms with van der Waals surface area (Å²) in [5, 5.41) is 2.79. The van der Waals surface area contributed by atoms with E-state index in [0.717, 1.165) is 17.7 Å². The molecular weight excluding hydrogens is 380 g/mol. The molecule has 3 aliphatic rings. The van der Waals surface area contributed by atoms with Crippen LogP contribution in [0.1, 0.15) is 31.2 Å². The third-order valence-electron chi connectivity index (χ3n) is 6.31. The van der Waals surface area contributed by atoms with Crippen LogP contribution in [0.25, 0.3) is 0 Å². The molecule has 2 saturated heterocycles. The average molecular weight is 407 g/mol. The number of urea groups is 1. The van der Waals surface area contributed by atoms with Crippen molar-refractivity contribution in [3.8, 4) is 0 Å². The van der Waals surface area contributed by atoms with Crippen LogP contribution in [0.2, 0.25) is 0 Å². The van der Waals surface area contributed by atoms with Crippen LogP contribution >= 0.6 is 12.4 Å². The van der Waals surface area contributed by atoms with Crippen molar-refractivity contribution in [2.24, 2.45) is 17.6 Å². The third-order valence-corrected chi connectivity index (χ3v) is 6.31. The molecule has 2 heterocycles. The molecular formula is C20H27ClN4O3. The molecule has 4 rings (SSSR count). The van der Waals surface area contributed by atoms with Gasteiger partial charge in [0.25, 0.3) is 5.91 Å². The van der Waals surface area contributed by atoms with Gasteiger partial charge in [-0.25, -0.2) is 4.79 Å². The fourth-order valence-electron chi connectivity index (χ4n) is 4.42. The van der Waals surface area contributed by atoms with Gasteiger partial charge in [-0.15, -0.1) is 12.4 Å². The Hall–Kier alpha value is -2.12. The van der Waals surface area contributed by atoms with Crippen molar-refractivity contribution in [2.45, 2.75) is 31.2 Å². The predicted octanol–water partition coefficient (Wildman–Crippen LogP) is 1.33. The SMILES string of the molecule is CC1(C2CC2)NC(=O)N(CC(=O)N2C[C@@H](CN)[C@H](c3ccccc3)C2)C1=O.Cl. The van der Waals surface area contributed by atoms with E-state index in [-0.39, 0.29) is 48.5 Å². The van der Waals surface area contributed by atoms with Gasteiger partial charge in [0.1, 0.15) is 12.1 Å². The largest absolute Gasteiger partial charge is 0.340 e. The Morgan fingerprint density at radius 1 is 1.21 bits per heavy atom. The van der Waals surface area contributed by atoms with Crippen molar-refractivity contribution >= 4 is 30.3 Å². The molecule has 3 N–H and O–H groups in total. The lowest BCUT2D eigenvalue weighted by molar-refractivity contribution is -0.138. The maximum absolute atomic E-state index is 12.8. The minimum absolute atomic E-state index is 0. The monoisotopic (exact) mass is 406 g/mol. The first-order valence-corrected chi connectivity index (χ1v) is 9.61. The van der Waals surface area contributed by atoms with Gasteiger partial charge in [0.15, 0.2) is 0 Å². The number of benzene rings is 1. The lowest BCUT2D eigenvalue weighted by Crippen LogP contribution is -2.47. The Labute approximate surface area is 171 Å². The highest BCUT2D eigenvalue weighted by Gasteiger charge is 2.56. The second kappa shape index (κ2) is 7.72. The summed E-state index contributed by atoms with van der Waals surface area (Å²) in [4.78, 5) is 40.7. The van der Waals surface area contributed by atoms with Crippen LogP contribution in [0.3, 0.4) is 0 Å². The molecule has 2 aliphatic heterocycles. The van der Waals surface area contributed by atoms with Crippen molar-refractivity contribution in [3.05, 3.63) is 35.9 Å². The zero-order valence-electron chi connectivity index (χ0n) is 16.0. The molecule has 8 heteroatoms. The van der Waals surface area contributed by atoms with Crippen molar-refractivity contribution in [1.29, 1.82) is 0 Å². The number of carbonyl (C=O) groups is 3. The van der Waals surface area contributed by atoms with E-state index in [1.54, 1.807) is 11.8 Å². The quantitative estimate of drug-likeness (QED) is 0.721. The molecule has 152 valence electrons. The molecule has 1 aromatic carbocycles. The number of hydrogen-bond acceptors (Lipinski definition) is 4. The molecule has 0 spiro atoms. The number of nitrogens with one attached hydrogen (secondary N) is 1. The van der Waals surface area contributed by atoms with E-state index in [4.69, 9.17) is 5.73 Å². The van der Waals surface area contributed by atoms with Crippen molar-refractivity contribution < 1.29 is 14.4 Å². The summed E-state index contributed by atoms with van der Waals surface area (Å²) in [5.41, 5.74) is 6.25. The van der Waals surface area contributed by atoms with E-state index in [0.29, 0.717) is 19.6 Å². The van der Waals surface area contributed by atoms with Crippen LogP contribution in [-0.4, -0.2) is 59.4 Å². The van der Waals surface area contributed by atoms with E-state index in [9.17, 15) is 14.4 Å². The Kier molecular flexibility index (Phi) is 5.68. The molecule has 3 atom stereocenters. The molecule has 3 fully saturated rings. The molecule has 1 unspecified atom stereocenters. The summed E-state index contributed by atoms with van der Waals surface area (Å²) in [6, 6.07) is 9.59. The van der Waals surface area contributed by atoms with Crippen LogP contribution in [-0.2, 0) is 9.59 Å². The number of nitrogens with two attached hydrogens (primary N) is 1. The molecule has 1 aromatic rings. The summed E-state index contributed by atoms with van der Waals surface area (Å²) >= 11 is 0. The standard InChI is InChI=1S/C20H26N4O3.ClH/c1-20(15-7-8-15)18(26)24(19(27)22-20)12-17(25)23-10-14(9-21)16(11-23)13-5-3-2-4-6-13;/h2-6,14-16H,7-12,21H2,1H3,(H,22,27);1H/t14-,16+,20?;/m1./s1. The van der Waals surface area contributed by atoms with E-state index in [1.807, 2.05) is 18.2 Å². The normalized spacial score (nSPS) is 29.6. The molecule has 4 amide bonds. The first kappa shape index (κ1) is 20.6. The number of likely N-dealkylation sites (tertiary alicyclic amines) is 1. The molecule has 0 bridgehead atoms. The lowest BCUT2D eigenvalue weighted by Gasteiger charge is -2.22. The van der Waals surface area contributed by atoms with Gasteiger partial charge in [-0.3, -0.25) is 14.5 Å². The number of imide groups is 1. The zero-order valence-corrected chi connectivity index (χ0v) is 16.8. The van der Waals surface area contributed by atoms with Crippen LogP contribution in [0.4, 0.5) is 4.79 Å². The summed E-state index contributed by atoms with van der Waals surface area (Å²) < 4.78 is 0. The van der Waals surface area contributed by atoms with Crippen LogP contribution < -0.4 is 11.1 Å². The highest BCUT2D eigenvalue weighted by molar-refractivity contribution is 6.09. The molecule has 28 heavy (non-hydrogen) atoms. The van der Waals surface area contributed by atoms with Gasteiger partial charge in [-0.1, -0.05) is 30.3 Å². The summed E-state index contributed by atoms with van der Waals surface area (Å²) in [5.74, 6) is 0.0639. The summed E-state index contributed by atoms with van der Waals surface area (Å²) in [6.07, 6.45) is 1.88. The topological polar surface area (TPSA) is 95.7 Å². The highest BCUT2D eigenvalue weighted by atomic mass is 35.5. The van der Waals surface area contributed by atoms with E-state index in [2.05, 4.69) is 17.4 Å². The van der Waals surface area contributed by atoms with Gasteiger partial charge in [-0.2, -0.15) is 0 Å². The summed E-state index contributed by atoms with van der Waals surface area (Å²) in [7, 11) is 0.